The normalized spacial score (nSPS) is 14.5. The molecule has 1 aromatic carbocycles. The molecule has 0 spiro atoms. The molecule has 2 unspecified atom stereocenters. The lowest BCUT2D eigenvalue weighted by Crippen LogP contribution is -2.46. The van der Waals surface area contributed by atoms with Crippen LogP contribution in [0.15, 0.2) is 47.1 Å². The summed E-state index contributed by atoms with van der Waals surface area (Å²) < 4.78 is 10.4. The van der Waals surface area contributed by atoms with E-state index < -0.39 is 5.60 Å². The summed E-state index contributed by atoms with van der Waals surface area (Å²) in [6.07, 6.45) is 2.17. The summed E-state index contributed by atoms with van der Waals surface area (Å²) in [7, 11) is 1.62. The topological polar surface area (TPSA) is 83.7 Å². The van der Waals surface area contributed by atoms with Gasteiger partial charge in [0.15, 0.2) is 0 Å². The molecule has 0 fully saturated rings. The van der Waals surface area contributed by atoms with Gasteiger partial charge in [0, 0.05) is 6.04 Å². The largest absolute Gasteiger partial charge is 0.497 e. The second-order valence-electron chi connectivity index (χ2n) is 6.03. The maximum absolute atomic E-state index is 12.0. The van der Waals surface area contributed by atoms with Gasteiger partial charge in [0.25, 0.3) is 0 Å². The van der Waals surface area contributed by atoms with Crippen LogP contribution in [-0.4, -0.2) is 30.8 Å². The zero-order valence-electron chi connectivity index (χ0n) is 14.2. The Morgan fingerprint density at radius 1 is 1.38 bits per heavy atom. The molecule has 1 heterocycles. The molecule has 3 N–H and O–H groups in total. The Hall–Kier alpha value is -2.47. The molecule has 130 valence electrons. The van der Waals surface area contributed by atoms with Crippen LogP contribution >= 0.6 is 0 Å². The third-order valence-electron chi connectivity index (χ3n) is 3.70. The molecule has 0 aliphatic rings. The van der Waals surface area contributed by atoms with Crippen molar-refractivity contribution in [1.29, 1.82) is 0 Å². The quantitative estimate of drug-likeness (QED) is 0.727. The third kappa shape index (κ3) is 5.03. The van der Waals surface area contributed by atoms with Crippen LogP contribution in [0.25, 0.3) is 0 Å². The predicted octanol–water partition coefficient (Wildman–Crippen LogP) is 2.43. The van der Waals surface area contributed by atoms with E-state index in [0.717, 1.165) is 11.3 Å². The number of methoxy groups -OCH3 is 1. The van der Waals surface area contributed by atoms with Crippen LogP contribution in [0.1, 0.15) is 25.2 Å². The van der Waals surface area contributed by atoms with Gasteiger partial charge in [0.2, 0.25) is 0 Å². The molecule has 2 atom stereocenters. The highest BCUT2D eigenvalue weighted by molar-refractivity contribution is 5.74. The van der Waals surface area contributed by atoms with E-state index in [2.05, 4.69) is 10.6 Å². The second-order valence-corrected chi connectivity index (χ2v) is 6.03. The van der Waals surface area contributed by atoms with E-state index in [1.165, 1.54) is 6.26 Å². The fourth-order valence-corrected chi connectivity index (χ4v) is 2.40. The summed E-state index contributed by atoms with van der Waals surface area (Å²) in [5, 5.41) is 15.8. The number of ether oxygens (including phenoxy) is 1. The molecule has 0 aliphatic carbocycles. The molecule has 6 heteroatoms. The lowest BCUT2D eigenvalue weighted by molar-refractivity contribution is 0.0366. The van der Waals surface area contributed by atoms with E-state index in [9.17, 15) is 9.90 Å². The SMILES string of the molecule is COc1cccc(CC(C)NC(=O)NCC(C)(O)c2ccco2)c1. The van der Waals surface area contributed by atoms with Gasteiger partial charge in [-0.15, -0.1) is 0 Å². The van der Waals surface area contributed by atoms with Crippen LogP contribution in [-0.2, 0) is 12.0 Å². The average Bonchev–Trinajstić information content (AvgIpc) is 3.08. The third-order valence-corrected chi connectivity index (χ3v) is 3.70. The van der Waals surface area contributed by atoms with E-state index in [0.29, 0.717) is 12.2 Å². The Balaban J connectivity index is 1.81. The maximum Gasteiger partial charge on any atom is 0.315 e. The molecule has 2 amide bonds. The van der Waals surface area contributed by atoms with Gasteiger partial charge in [-0.2, -0.15) is 0 Å². The van der Waals surface area contributed by atoms with Crippen LogP contribution in [0.2, 0.25) is 0 Å². The number of nitrogens with one attached hydrogen (secondary N) is 2. The van der Waals surface area contributed by atoms with Gasteiger partial charge in [0.05, 0.1) is 19.9 Å². The van der Waals surface area contributed by atoms with E-state index in [1.807, 2.05) is 31.2 Å². The van der Waals surface area contributed by atoms with E-state index in [-0.39, 0.29) is 18.6 Å². The number of carbonyl (C=O) groups excluding carboxylic acids is 1. The Labute approximate surface area is 141 Å². The first-order valence-electron chi connectivity index (χ1n) is 7.84. The number of rotatable bonds is 7. The van der Waals surface area contributed by atoms with Gasteiger partial charge in [0.1, 0.15) is 17.1 Å². The minimum atomic E-state index is -1.25. The number of carbonyl (C=O) groups is 1. The van der Waals surface area contributed by atoms with Gasteiger partial charge in [-0.25, -0.2) is 4.79 Å². The van der Waals surface area contributed by atoms with Crippen molar-refractivity contribution in [2.75, 3.05) is 13.7 Å². The van der Waals surface area contributed by atoms with Gasteiger partial charge in [-0.3, -0.25) is 0 Å². The lowest BCUT2D eigenvalue weighted by atomic mass is 10.0. The summed E-state index contributed by atoms with van der Waals surface area (Å²) in [4.78, 5) is 12.0. The number of hydrogen-bond donors (Lipinski definition) is 3. The highest BCUT2D eigenvalue weighted by atomic mass is 16.5. The fraction of sp³-hybridized carbons (Fsp3) is 0.389. The summed E-state index contributed by atoms with van der Waals surface area (Å²) in [5.74, 6) is 1.20. The van der Waals surface area contributed by atoms with E-state index in [1.54, 1.807) is 26.2 Å². The van der Waals surface area contributed by atoms with Crippen molar-refractivity contribution in [3.05, 3.63) is 54.0 Å². The molecule has 0 saturated carbocycles. The van der Waals surface area contributed by atoms with Gasteiger partial charge >= 0.3 is 6.03 Å². The highest BCUT2D eigenvalue weighted by Gasteiger charge is 2.26. The Kier molecular flexibility index (Phi) is 5.87. The fourth-order valence-electron chi connectivity index (χ4n) is 2.40. The molecule has 24 heavy (non-hydrogen) atoms. The van der Waals surface area contributed by atoms with Crippen LogP contribution in [0.5, 0.6) is 5.75 Å². The van der Waals surface area contributed by atoms with E-state index >= 15 is 0 Å². The molecule has 0 aliphatic heterocycles. The van der Waals surface area contributed by atoms with Gasteiger partial charge in [-0.05, 0) is 50.1 Å². The van der Waals surface area contributed by atoms with Crippen molar-refractivity contribution in [3.8, 4) is 5.75 Å². The molecular weight excluding hydrogens is 308 g/mol. The molecule has 2 aromatic rings. The number of furan rings is 1. The lowest BCUT2D eigenvalue weighted by Gasteiger charge is -2.22. The predicted molar refractivity (Wildman–Crippen MR) is 91.0 cm³/mol. The molecule has 0 radical (unpaired) electrons. The zero-order chi connectivity index (χ0) is 17.6. The maximum atomic E-state index is 12.0. The summed E-state index contributed by atoms with van der Waals surface area (Å²) in [6, 6.07) is 10.7. The summed E-state index contributed by atoms with van der Waals surface area (Å²) in [5.41, 5.74) is -0.179. The first-order chi connectivity index (χ1) is 11.4. The molecule has 0 bridgehead atoms. The summed E-state index contributed by atoms with van der Waals surface area (Å²) >= 11 is 0. The minimum Gasteiger partial charge on any atom is -0.497 e. The standard InChI is InChI=1S/C18H24N2O4/c1-13(10-14-6-4-7-15(11-14)23-3)20-17(21)19-12-18(2,22)16-8-5-9-24-16/h4-9,11,13,22H,10,12H2,1-3H3,(H2,19,20,21). The van der Waals surface area contributed by atoms with E-state index in [4.69, 9.17) is 9.15 Å². The van der Waals surface area contributed by atoms with Crippen molar-refractivity contribution < 1.29 is 19.1 Å². The Morgan fingerprint density at radius 3 is 2.83 bits per heavy atom. The number of hydrogen-bond acceptors (Lipinski definition) is 4. The molecular formula is C18H24N2O4. The van der Waals surface area contributed by atoms with Crippen molar-refractivity contribution in [2.24, 2.45) is 0 Å². The average molecular weight is 332 g/mol. The first-order valence-corrected chi connectivity index (χ1v) is 7.84. The molecule has 2 rings (SSSR count). The van der Waals surface area contributed by atoms with Crippen LogP contribution in [0.3, 0.4) is 0 Å². The summed E-state index contributed by atoms with van der Waals surface area (Å²) in [6.45, 7) is 3.56. The highest BCUT2D eigenvalue weighted by Crippen LogP contribution is 2.19. The van der Waals surface area contributed by atoms with Crippen LogP contribution in [0.4, 0.5) is 4.79 Å². The number of amides is 2. The zero-order valence-corrected chi connectivity index (χ0v) is 14.2. The monoisotopic (exact) mass is 332 g/mol. The first kappa shape index (κ1) is 17.9. The smallest absolute Gasteiger partial charge is 0.315 e. The van der Waals surface area contributed by atoms with Gasteiger partial charge in [-0.1, -0.05) is 12.1 Å². The van der Waals surface area contributed by atoms with Crippen LogP contribution in [0, 0.1) is 0 Å². The number of aliphatic hydroxyl groups is 1. The van der Waals surface area contributed by atoms with Crippen LogP contribution < -0.4 is 15.4 Å². The number of benzene rings is 1. The minimum absolute atomic E-state index is 0.0538. The van der Waals surface area contributed by atoms with Crippen molar-refractivity contribution >= 4 is 6.03 Å². The Morgan fingerprint density at radius 2 is 2.17 bits per heavy atom. The van der Waals surface area contributed by atoms with Gasteiger partial charge < -0.3 is 24.9 Å². The van der Waals surface area contributed by atoms with Crippen molar-refractivity contribution in [1.82, 2.24) is 10.6 Å². The number of urea groups is 1. The second kappa shape index (κ2) is 7.88. The van der Waals surface area contributed by atoms with Crippen molar-refractivity contribution in [2.45, 2.75) is 31.9 Å². The molecule has 6 nitrogen and oxygen atoms in total. The Bertz CT molecular complexity index is 653. The molecule has 0 saturated heterocycles. The molecule has 1 aromatic heterocycles. The van der Waals surface area contributed by atoms with Crippen molar-refractivity contribution in [3.63, 3.8) is 0 Å².